The van der Waals surface area contributed by atoms with Gasteiger partial charge in [0.2, 0.25) is 0 Å². The molecule has 27 heavy (non-hydrogen) atoms. The summed E-state index contributed by atoms with van der Waals surface area (Å²) >= 11 is 1.87. The number of thioether (sulfide) groups is 1. The van der Waals surface area contributed by atoms with Crippen molar-refractivity contribution in [2.24, 2.45) is 0 Å². The molecule has 1 unspecified atom stereocenters. The van der Waals surface area contributed by atoms with Gasteiger partial charge in [0, 0.05) is 30.2 Å². The second-order valence-corrected chi connectivity index (χ2v) is 9.56. The highest BCUT2D eigenvalue weighted by atomic mass is 32.2. The molecule has 7 heteroatoms. The summed E-state index contributed by atoms with van der Waals surface area (Å²) in [6.45, 7) is 7.98. The number of hydrogen-bond acceptors (Lipinski definition) is 6. The first-order valence-corrected chi connectivity index (χ1v) is 10.9. The minimum absolute atomic E-state index is 0.00537. The summed E-state index contributed by atoms with van der Waals surface area (Å²) in [6.07, 6.45) is 3.10. The van der Waals surface area contributed by atoms with Gasteiger partial charge in [-0.1, -0.05) is 20.8 Å². The molecule has 4 heterocycles. The van der Waals surface area contributed by atoms with Crippen LogP contribution in [-0.2, 0) is 24.1 Å². The van der Waals surface area contributed by atoms with Crippen LogP contribution in [0.3, 0.4) is 0 Å². The lowest BCUT2D eigenvalue weighted by atomic mass is 9.92. The standard InChI is InChI=1S/C20H27N5OS/c1-20(2,3)17-6-7-18(22-21-17)24-9-4-5-15(24)12-25-19(26)11-14-13-27-10-8-16(14)23-25/h6-7,11,15H,4-5,8-10,12-13H2,1-3H3. The van der Waals surface area contributed by atoms with Crippen LogP contribution in [0, 0.1) is 0 Å². The summed E-state index contributed by atoms with van der Waals surface area (Å²) in [6, 6.07) is 6.15. The highest BCUT2D eigenvalue weighted by Crippen LogP contribution is 2.27. The van der Waals surface area contributed by atoms with Crippen molar-refractivity contribution in [1.29, 1.82) is 0 Å². The molecule has 1 atom stereocenters. The van der Waals surface area contributed by atoms with Crippen LogP contribution in [0.15, 0.2) is 23.0 Å². The average Bonchev–Trinajstić information content (AvgIpc) is 3.10. The molecule has 2 aromatic rings. The molecule has 2 aliphatic heterocycles. The quantitative estimate of drug-likeness (QED) is 0.810. The van der Waals surface area contributed by atoms with E-state index in [1.165, 1.54) is 0 Å². The SMILES string of the molecule is CC(C)(C)c1ccc(N2CCCC2Cn2nc3c(cc2=O)CSCC3)nn1. The van der Waals surface area contributed by atoms with Crippen LogP contribution >= 0.6 is 11.8 Å². The van der Waals surface area contributed by atoms with Crippen molar-refractivity contribution in [2.75, 3.05) is 17.2 Å². The molecule has 0 bridgehead atoms. The second-order valence-electron chi connectivity index (χ2n) is 8.46. The maximum Gasteiger partial charge on any atom is 0.267 e. The summed E-state index contributed by atoms with van der Waals surface area (Å²) in [4.78, 5) is 14.8. The molecule has 1 fully saturated rings. The molecule has 0 aliphatic carbocycles. The zero-order valence-corrected chi connectivity index (χ0v) is 17.1. The fraction of sp³-hybridized carbons (Fsp3) is 0.600. The van der Waals surface area contributed by atoms with Crippen LogP contribution in [0.4, 0.5) is 5.82 Å². The van der Waals surface area contributed by atoms with Gasteiger partial charge in [-0.2, -0.15) is 22.0 Å². The van der Waals surface area contributed by atoms with Crippen molar-refractivity contribution in [3.8, 4) is 0 Å². The number of nitrogens with zero attached hydrogens (tertiary/aromatic N) is 5. The van der Waals surface area contributed by atoms with Crippen molar-refractivity contribution in [3.63, 3.8) is 0 Å². The third-order valence-corrected chi connectivity index (χ3v) is 6.39. The first-order valence-electron chi connectivity index (χ1n) is 9.70. The smallest absolute Gasteiger partial charge is 0.267 e. The number of aromatic nitrogens is 4. The first kappa shape index (κ1) is 18.5. The Hall–Kier alpha value is -1.89. The Kier molecular flexibility index (Phi) is 4.97. The first-order chi connectivity index (χ1) is 12.9. The molecule has 1 saturated heterocycles. The minimum Gasteiger partial charge on any atom is -0.350 e. The largest absolute Gasteiger partial charge is 0.350 e. The molecule has 6 nitrogen and oxygen atoms in total. The molecule has 2 aromatic heterocycles. The second kappa shape index (κ2) is 7.26. The van der Waals surface area contributed by atoms with Gasteiger partial charge in [-0.15, -0.1) is 5.10 Å². The lowest BCUT2D eigenvalue weighted by Gasteiger charge is -2.26. The topological polar surface area (TPSA) is 63.9 Å². The summed E-state index contributed by atoms with van der Waals surface area (Å²) in [5.41, 5.74) is 3.20. The van der Waals surface area contributed by atoms with Gasteiger partial charge in [-0.25, -0.2) is 4.68 Å². The van der Waals surface area contributed by atoms with Crippen molar-refractivity contribution >= 4 is 17.6 Å². The predicted octanol–water partition coefficient (Wildman–Crippen LogP) is 2.79. The summed E-state index contributed by atoms with van der Waals surface area (Å²) < 4.78 is 1.66. The summed E-state index contributed by atoms with van der Waals surface area (Å²) in [5, 5.41) is 13.6. The molecule has 4 rings (SSSR count). The zero-order valence-electron chi connectivity index (χ0n) is 16.3. The molecular formula is C20H27N5OS. The Morgan fingerprint density at radius 1 is 1.26 bits per heavy atom. The number of anilines is 1. The maximum atomic E-state index is 12.5. The van der Waals surface area contributed by atoms with Gasteiger partial charge in [0.1, 0.15) is 0 Å². The Morgan fingerprint density at radius 2 is 2.11 bits per heavy atom. The molecule has 2 aliphatic rings. The van der Waals surface area contributed by atoms with Crippen molar-refractivity contribution < 1.29 is 0 Å². The van der Waals surface area contributed by atoms with E-state index in [1.54, 1.807) is 10.7 Å². The van der Waals surface area contributed by atoms with E-state index >= 15 is 0 Å². The molecule has 0 saturated carbocycles. The lowest BCUT2D eigenvalue weighted by molar-refractivity contribution is 0.478. The number of rotatable bonds is 3. The normalized spacial score (nSPS) is 20.0. The van der Waals surface area contributed by atoms with E-state index in [9.17, 15) is 4.79 Å². The van der Waals surface area contributed by atoms with Gasteiger partial charge >= 0.3 is 0 Å². The zero-order chi connectivity index (χ0) is 19.0. The van der Waals surface area contributed by atoms with Crippen LogP contribution in [0.25, 0.3) is 0 Å². The van der Waals surface area contributed by atoms with E-state index < -0.39 is 0 Å². The van der Waals surface area contributed by atoms with Crippen LogP contribution in [0.2, 0.25) is 0 Å². The fourth-order valence-electron chi connectivity index (χ4n) is 3.79. The van der Waals surface area contributed by atoms with E-state index in [0.29, 0.717) is 6.54 Å². The van der Waals surface area contributed by atoms with Gasteiger partial charge < -0.3 is 4.90 Å². The molecule has 0 amide bonds. The monoisotopic (exact) mass is 385 g/mol. The van der Waals surface area contributed by atoms with E-state index in [4.69, 9.17) is 0 Å². The molecule has 144 valence electrons. The molecule has 0 radical (unpaired) electrons. The number of hydrogen-bond donors (Lipinski definition) is 0. The highest BCUT2D eigenvalue weighted by Gasteiger charge is 2.28. The third kappa shape index (κ3) is 3.88. The van der Waals surface area contributed by atoms with Crippen LogP contribution < -0.4 is 10.5 Å². The Bertz CT molecular complexity index is 871. The number of fused-ring (bicyclic) bond motifs is 1. The van der Waals surface area contributed by atoms with Crippen molar-refractivity contribution in [1.82, 2.24) is 20.0 Å². The number of aryl methyl sites for hydroxylation is 1. The van der Waals surface area contributed by atoms with E-state index in [2.05, 4.69) is 53.1 Å². The van der Waals surface area contributed by atoms with Crippen LogP contribution in [0.1, 0.15) is 50.6 Å². The van der Waals surface area contributed by atoms with E-state index in [-0.39, 0.29) is 17.0 Å². The summed E-state index contributed by atoms with van der Waals surface area (Å²) in [7, 11) is 0. The predicted molar refractivity (Wildman–Crippen MR) is 109 cm³/mol. The Morgan fingerprint density at radius 3 is 2.85 bits per heavy atom. The Balaban J connectivity index is 1.55. The summed E-state index contributed by atoms with van der Waals surface area (Å²) in [5.74, 6) is 2.89. The molecule has 0 spiro atoms. The highest BCUT2D eigenvalue weighted by molar-refractivity contribution is 7.98. The maximum absolute atomic E-state index is 12.5. The fourth-order valence-corrected chi connectivity index (χ4v) is 4.74. The Labute approximate surface area is 164 Å². The molecule has 0 N–H and O–H groups in total. The average molecular weight is 386 g/mol. The van der Waals surface area contributed by atoms with Gasteiger partial charge in [0.05, 0.1) is 24.0 Å². The van der Waals surface area contributed by atoms with Crippen LogP contribution in [0.5, 0.6) is 0 Å². The van der Waals surface area contributed by atoms with Crippen molar-refractivity contribution in [3.05, 3.63) is 45.5 Å². The lowest BCUT2D eigenvalue weighted by Crippen LogP contribution is -2.38. The van der Waals surface area contributed by atoms with Gasteiger partial charge in [0.25, 0.3) is 5.56 Å². The minimum atomic E-state index is -0.00537. The van der Waals surface area contributed by atoms with Crippen LogP contribution in [-0.4, -0.2) is 38.3 Å². The van der Waals surface area contributed by atoms with Gasteiger partial charge in [-0.3, -0.25) is 4.79 Å². The molecular weight excluding hydrogens is 358 g/mol. The molecule has 0 aromatic carbocycles. The third-order valence-electron chi connectivity index (χ3n) is 5.38. The van der Waals surface area contributed by atoms with E-state index in [0.717, 1.165) is 60.1 Å². The van der Waals surface area contributed by atoms with Gasteiger partial charge in [0.15, 0.2) is 5.82 Å². The van der Waals surface area contributed by atoms with E-state index in [1.807, 2.05) is 11.8 Å². The van der Waals surface area contributed by atoms with Gasteiger partial charge in [-0.05, 0) is 36.3 Å². The van der Waals surface area contributed by atoms with Crippen molar-refractivity contribution in [2.45, 2.75) is 63.8 Å².